The maximum Gasteiger partial charge on any atom is 0.142 e. The van der Waals surface area contributed by atoms with E-state index in [1.54, 1.807) is 0 Å². The molecule has 0 amide bonds. The molecule has 4 aliphatic rings. The summed E-state index contributed by atoms with van der Waals surface area (Å²) in [6, 6.07) is 10.3. The van der Waals surface area contributed by atoms with Crippen LogP contribution in [0.5, 0.6) is 0 Å². The van der Waals surface area contributed by atoms with Crippen molar-refractivity contribution < 1.29 is 9.90 Å². The van der Waals surface area contributed by atoms with Gasteiger partial charge in [0, 0.05) is 17.8 Å². The van der Waals surface area contributed by atoms with Crippen LogP contribution in [0.2, 0.25) is 0 Å². The minimum Gasteiger partial charge on any atom is -0.385 e. The molecule has 3 saturated carbocycles. The molecule has 3 fully saturated rings. The Balaban J connectivity index is 1.37. The molecule has 2 nitrogen and oxygen atoms in total. The highest BCUT2D eigenvalue weighted by atomic mass is 16.3. The van der Waals surface area contributed by atoms with Gasteiger partial charge in [0.1, 0.15) is 5.78 Å². The fraction of sp³-hybridized carbons (Fsp3) is 0.536. The third-order valence-electron chi connectivity index (χ3n) is 8.74. The number of ketones is 1. The van der Waals surface area contributed by atoms with Crippen molar-refractivity contribution in [3.63, 3.8) is 0 Å². The van der Waals surface area contributed by atoms with Gasteiger partial charge in [0.2, 0.25) is 0 Å². The van der Waals surface area contributed by atoms with Gasteiger partial charge in [0.15, 0.2) is 0 Å². The fourth-order valence-electron chi connectivity index (χ4n) is 7.31. The molecule has 4 aliphatic carbocycles. The Morgan fingerprint density at radius 2 is 2.03 bits per heavy atom. The average Bonchev–Trinajstić information content (AvgIpc) is 2.99. The number of carbonyl (C=O) groups is 1. The molecule has 1 aromatic carbocycles. The van der Waals surface area contributed by atoms with Gasteiger partial charge in [-0.3, -0.25) is 4.79 Å². The van der Waals surface area contributed by atoms with Crippen molar-refractivity contribution in [2.24, 2.45) is 29.1 Å². The maximum atomic E-state index is 13.2. The summed E-state index contributed by atoms with van der Waals surface area (Å²) in [6.07, 6.45) is 14.0. The highest BCUT2D eigenvalue weighted by Crippen LogP contribution is 2.61. The molecule has 158 valence electrons. The van der Waals surface area contributed by atoms with Crippen LogP contribution in [0.15, 0.2) is 66.3 Å². The summed E-state index contributed by atoms with van der Waals surface area (Å²) in [4.78, 5) is 13.2. The van der Waals surface area contributed by atoms with Crippen molar-refractivity contribution in [3.8, 4) is 0 Å². The van der Waals surface area contributed by atoms with Gasteiger partial charge in [0.05, 0.1) is 5.60 Å². The number of allylic oxidation sites excluding steroid dienone is 3. The lowest BCUT2D eigenvalue weighted by atomic mass is 9.54. The van der Waals surface area contributed by atoms with E-state index in [0.29, 0.717) is 36.4 Å². The first-order valence-corrected chi connectivity index (χ1v) is 11.8. The Labute approximate surface area is 180 Å². The van der Waals surface area contributed by atoms with Gasteiger partial charge in [-0.1, -0.05) is 49.4 Å². The number of benzene rings is 1. The largest absolute Gasteiger partial charge is 0.385 e. The second-order valence-electron chi connectivity index (χ2n) is 10.5. The second-order valence-corrected chi connectivity index (χ2v) is 10.5. The molecular formula is C28H34O2. The molecule has 30 heavy (non-hydrogen) atoms. The molecule has 2 heteroatoms. The zero-order chi connectivity index (χ0) is 20.9. The summed E-state index contributed by atoms with van der Waals surface area (Å²) >= 11 is 0. The van der Waals surface area contributed by atoms with Crippen molar-refractivity contribution in [2.45, 2.75) is 63.9 Å². The molecule has 0 bridgehead atoms. The van der Waals surface area contributed by atoms with Crippen LogP contribution in [0.25, 0.3) is 0 Å². The summed E-state index contributed by atoms with van der Waals surface area (Å²) in [5.41, 5.74) is 3.16. The number of carbonyl (C=O) groups excluding carboxylic acids is 1. The van der Waals surface area contributed by atoms with Crippen molar-refractivity contribution >= 4 is 5.78 Å². The van der Waals surface area contributed by atoms with Crippen LogP contribution in [-0.2, 0) is 11.2 Å². The van der Waals surface area contributed by atoms with Gasteiger partial charge in [-0.2, -0.15) is 0 Å². The van der Waals surface area contributed by atoms with Gasteiger partial charge in [-0.05, 0) is 85.5 Å². The molecule has 1 aromatic rings. The maximum absolute atomic E-state index is 13.2. The molecule has 0 radical (unpaired) electrons. The van der Waals surface area contributed by atoms with E-state index < -0.39 is 5.60 Å². The van der Waals surface area contributed by atoms with Crippen molar-refractivity contribution in [1.82, 2.24) is 0 Å². The number of aliphatic hydroxyl groups is 1. The summed E-state index contributed by atoms with van der Waals surface area (Å²) in [6.45, 7) is 6.13. The van der Waals surface area contributed by atoms with E-state index in [0.717, 1.165) is 38.5 Å². The van der Waals surface area contributed by atoms with Crippen LogP contribution >= 0.6 is 0 Å². The number of hydrogen-bond donors (Lipinski definition) is 1. The molecule has 0 heterocycles. The van der Waals surface area contributed by atoms with E-state index in [4.69, 9.17) is 0 Å². The van der Waals surface area contributed by atoms with Crippen LogP contribution in [0.1, 0.15) is 57.4 Å². The summed E-state index contributed by atoms with van der Waals surface area (Å²) < 4.78 is 0. The summed E-state index contributed by atoms with van der Waals surface area (Å²) in [5, 5.41) is 11.3. The molecule has 0 aromatic heterocycles. The number of rotatable bonds is 4. The van der Waals surface area contributed by atoms with E-state index >= 15 is 0 Å². The Morgan fingerprint density at radius 3 is 2.80 bits per heavy atom. The predicted octanol–water partition coefficient (Wildman–Crippen LogP) is 5.82. The molecular weight excluding hydrogens is 368 g/mol. The Kier molecular flexibility index (Phi) is 4.89. The Bertz CT molecular complexity index is 910. The summed E-state index contributed by atoms with van der Waals surface area (Å²) in [7, 11) is 0. The molecule has 0 spiro atoms. The molecule has 0 aliphatic heterocycles. The van der Waals surface area contributed by atoms with E-state index in [9.17, 15) is 9.90 Å². The minimum atomic E-state index is -0.769. The third-order valence-corrected chi connectivity index (χ3v) is 8.74. The fourth-order valence-corrected chi connectivity index (χ4v) is 7.31. The highest BCUT2D eigenvalue weighted by molar-refractivity contribution is 5.89. The quantitative estimate of drug-likeness (QED) is 0.644. The molecule has 0 saturated heterocycles. The van der Waals surface area contributed by atoms with Crippen molar-refractivity contribution in [2.75, 3.05) is 0 Å². The first kappa shape index (κ1) is 20.0. The monoisotopic (exact) mass is 402 g/mol. The highest BCUT2D eigenvalue weighted by Gasteiger charge is 2.58. The van der Waals surface area contributed by atoms with Gasteiger partial charge in [-0.15, -0.1) is 6.58 Å². The van der Waals surface area contributed by atoms with Gasteiger partial charge < -0.3 is 5.11 Å². The average molecular weight is 403 g/mol. The van der Waals surface area contributed by atoms with Crippen LogP contribution < -0.4 is 0 Å². The Morgan fingerprint density at radius 1 is 1.23 bits per heavy atom. The lowest BCUT2D eigenvalue weighted by Crippen LogP contribution is -2.45. The van der Waals surface area contributed by atoms with Gasteiger partial charge in [-0.25, -0.2) is 0 Å². The normalized spacial score (nSPS) is 40.0. The van der Waals surface area contributed by atoms with E-state index in [1.165, 1.54) is 16.7 Å². The first-order valence-electron chi connectivity index (χ1n) is 11.8. The smallest absolute Gasteiger partial charge is 0.142 e. The number of hydrogen-bond acceptors (Lipinski definition) is 2. The molecule has 1 N–H and O–H groups in total. The SMILES string of the molecule is C=CC[C@@H]1C[C@H]2[C@@H]3CCC4=CC(O)(Cc5ccccc5)CC=C4[C@H]3CC[C@]2(C)C1=O. The minimum absolute atomic E-state index is 0.126. The zero-order valence-electron chi connectivity index (χ0n) is 18.1. The van der Waals surface area contributed by atoms with Crippen molar-refractivity contribution in [3.05, 3.63) is 71.8 Å². The molecule has 6 atom stereocenters. The first-order chi connectivity index (χ1) is 14.4. The van der Waals surface area contributed by atoms with E-state index in [1.807, 2.05) is 24.3 Å². The van der Waals surface area contributed by atoms with Crippen LogP contribution in [0.3, 0.4) is 0 Å². The standard InChI is InChI=1S/C28H34O2/c1-3-7-20-16-25-24-11-10-21-18-28(30,17-19-8-5-4-6-9-19)15-13-22(21)23(24)12-14-27(25,2)26(20)29/h3-6,8-9,13,18,20,23-25,30H,1,7,10-12,14-17H2,2H3/t20-,23-,24-,25+,27+,28?/m1/s1. The van der Waals surface area contributed by atoms with Gasteiger partial charge in [0.25, 0.3) is 0 Å². The van der Waals surface area contributed by atoms with E-state index in [-0.39, 0.29) is 11.3 Å². The second kappa shape index (κ2) is 7.34. The lowest BCUT2D eigenvalue weighted by molar-refractivity contribution is -0.132. The topological polar surface area (TPSA) is 37.3 Å². The van der Waals surface area contributed by atoms with E-state index in [2.05, 4.69) is 37.8 Å². The van der Waals surface area contributed by atoms with Crippen molar-refractivity contribution in [1.29, 1.82) is 0 Å². The van der Waals surface area contributed by atoms with Crippen LogP contribution in [0, 0.1) is 29.1 Å². The lowest BCUT2D eigenvalue weighted by Gasteiger charge is -2.50. The van der Waals surface area contributed by atoms with Gasteiger partial charge >= 0.3 is 0 Å². The van der Waals surface area contributed by atoms with Crippen LogP contribution in [0.4, 0.5) is 0 Å². The molecule has 5 rings (SSSR count). The van der Waals surface area contributed by atoms with Crippen LogP contribution in [-0.4, -0.2) is 16.5 Å². The summed E-state index contributed by atoms with van der Waals surface area (Å²) in [5.74, 6) is 2.39. The number of Topliss-reactive ketones (excluding diaryl/α,β-unsaturated/α-hetero) is 1. The zero-order valence-corrected chi connectivity index (χ0v) is 18.1. The third kappa shape index (κ3) is 3.15. The Hall–Kier alpha value is -1.93. The predicted molar refractivity (Wildman–Crippen MR) is 121 cm³/mol. The molecule has 1 unspecified atom stereocenters. The number of fused-ring (bicyclic) bond motifs is 5.